The summed E-state index contributed by atoms with van der Waals surface area (Å²) >= 11 is 0. The molecule has 1 aliphatic rings. The van der Waals surface area contributed by atoms with E-state index >= 15 is 0 Å². The van der Waals surface area contributed by atoms with E-state index in [1.54, 1.807) is 7.11 Å². The molecule has 3 aromatic rings. The van der Waals surface area contributed by atoms with Gasteiger partial charge in [-0.1, -0.05) is 36.4 Å². The van der Waals surface area contributed by atoms with Crippen LogP contribution >= 0.6 is 0 Å². The first-order chi connectivity index (χ1) is 12.5. The number of methoxy groups -OCH3 is 1. The number of anilines is 1. The third-order valence-corrected chi connectivity index (χ3v) is 5.41. The van der Waals surface area contributed by atoms with Gasteiger partial charge in [-0.3, -0.25) is 0 Å². The van der Waals surface area contributed by atoms with E-state index in [0.29, 0.717) is 0 Å². The second-order valence-corrected chi connectivity index (χ2v) is 8.29. The van der Waals surface area contributed by atoms with Gasteiger partial charge in [-0.15, -0.1) is 0 Å². The van der Waals surface area contributed by atoms with Crippen molar-refractivity contribution in [2.24, 2.45) is 0 Å². The van der Waals surface area contributed by atoms with E-state index in [1.807, 2.05) is 42.5 Å². The molecule has 0 amide bonds. The predicted octanol–water partition coefficient (Wildman–Crippen LogP) is 3.61. The number of benzene rings is 3. The zero-order valence-electron chi connectivity index (χ0n) is 14.6. The summed E-state index contributed by atoms with van der Waals surface area (Å²) in [7, 11) is -1.74. The monoisotopic (exact) mass is 368 g/mol. The van der Waals surface area contributed by atoms with Gasteiger partial charge in [-0.25, -0.2) is 13.1 Å². The van der Waals surface area contributed by atoms with E-state index in [-0.39, 0.29) is 12.1 Å². The van der Waals surface area contributed by atoms with Crippen LogP contribution in [-0.4, -0.2) is 21.8 Å². The Balaban J connectivity index is 1.79. The first kappa shape index (κ1) is 16.9. The van der Waals surface area contributed by atoms with Gasteiger partial charge < -0.3 is 10.1 Å². The maximum absolute atomic E-state index is 12.0. The van der Waals surface area contributed by atoms with Crippen LogP contribution in [0.25, 0.3) is 10.8 Å². The van der Waals surface area contributed by atoms with E-state index in [2.05, 4.69) is 28.2 Å². The molecular weight excluding hydrogens is 348 g/mol. The fraction of sp³-hybridized carbons (Fsp3) is 0.200. The summed E-state index contributed by atoms with van der Waals surface area (Å²) in [4.78, 5) is 0. The van der Waals surface area contributed by atoms with Gasteiger partial charge in [-0.05, 0) is 46.2 Å². The van der Waals surface area contributed by atoms with Crippen LogP contribution in [0.2, 0.25) is 0 Å². The first-order valence-electron chi connectivity index (χ1n) is 8.36. The van der Waals surface area contributed by atoms with Gasteiger partial charge >= 0.3 is 0 Å². The Morgan fingerprint density at radius 3 is 2.08 bits per heavy atom. The highest BCUT2D eigenvalue weighted by Crippen LogP contribution is 2.45. The van der Waals surface area contributed by atoms with E-state index in [1.165, 1.54) is 6.26 Å². The third kappa shape index (κ3) is 3.02. The standard InChI is InChI=1S/C20H20N2O3S/c1-25-15-11-9-14(10-12-15)21-19-16-7-3-5-13-6-4-8-17(18(13)16)20(19)22-26(2,23)24/h3-12,19-22H,1-2H3/t19-,20+/m0/s1. The fourth-order valence-corrected chi connectivity index (χ4v) is 4.39. The topological polar surface area (TPSA) is 67.4 Å². The van der Waals surface area contributed by atoms with Crippen molar-refractivity contribution in [3.63, 3.8) is 0 Å². The van der Waals surface area contributed by atoms with Crippen molar-refractivity contribution in [2.45, 2.75) is 12.1 Å². The van der Waals surface area contributed by atoms with Crippen molar-refractivity contribution in [1.29, 1.82) is 0 Å². The number of nitrogens with one attached hydrogen (secondary N) is 2. The van der Waals surface area contributed by atoms with E-state index < -0.39 is 10.0 Å². The summed E-state index contributed by atoms with van der Waals surface area (Å²) in [6.07, 6.45) is 1.20. The molecule has 26 heavy (non-hydrogen) atoms. The van der Waals surface area contributed by atoms with Crippen LogP contribution in [-0.2, 0) is 10.0 Å². The van der Waals surface area contributed by atoms with E-state index in [9.17, 15) is 8.42 Å². The molecule has 1 aliphatic carbocycles. The molecule has 0 spiro atoms. The lowest BCUT2D eigenvalue weighted by molar-refractivity contribution is 0.415. The van der Waals surface area contributed by atoms with Crippen LogP contribution in [0, 0.1) is 0 Å². The summed E-state index contributed by atoms with van der Waals surface area (Å²) in [5, 5.41) is 5.71. The third-order valence-electron chi connectivity index (χ3n) is 4.73. The molecule has 0 unspecified atom stereocenters. The molecule has 0 radical (unpaired) electrons. The smallest absolute Gasteiger partial charge is 0.209 e. The number of hydrogen-bond donors (Lipinski definition) is 2. The minimum atomic E-state index is -3.37. The molecule has 0 heterocycles. The molecule has 0 bridgehead atoms. The fourth-order valence-electron chi connectivity index (χ4n) is 3.67. The van der Waals surface area contributed by atoms with Crippen molar-refractivity contribution < 1.29 is 13.2 Å². The van der Waals surface area contributed by atoms with Crippen LogP contribution < -0.4 is 14.8 Å². The van der Waals surface area contributed by atoms with Crippen molar-refractivity contribution in [1.82, 2.24) is 4.72 Å². The Bertz CT molecular complexity index is 1060. The van der Waals surface area contributed by atoms with Crippen LogP contribution in [0.1, 0.15) is 23.2 Å². The quantitative estimate of drug-likeness (QED) is 0.722. The molecule has 2 N–H and O–H groups in total. The molecular formula is C20H20N2O3S. The maximum Gasteiger partial charge on any atom is 0.209 e. The predicted molar refractivity (Wildman–Crippen MR) is 104 cm³/mol. The molecule has 134 valence electrons. The lowest BCUT2D eigenvalue weighted by Crippen LogP contribution is -2.32. The van der Waals surface area contributed by atoms with Crippen molar-refractivity contribution in [3.8, 4) is 5.75 Å². The number of hydrogen-bond acceptors (Lipinski definition) is 4. The zero-order chi connectivity index (χ0) is 18.3. The van der Waals surface area contributed by atoms with Crippen LogP contribution in [0.4, 0.5) is 5.69 Å². The normalized spacial score (nSPS) is 18.8. The second kappa shape index (κ2) is 6.30. The van der Waals surface area contributed by atoms with E-state index in [4.69, 9.17) is 4.74 Å². The van der Waals surface area contributed by atoms with Gasteiger partial charge in [0, 0.05) is 5.69 Å². The Morgan fingerprint density at radius 2 is 1.50 bits per heavy atom. The molecule has 4 rings (SSSR count). The summed E-state index contributed by atoms with van der Waals surface area (Å²) in [5.41, 5.74) is 2.99. The Labute approximate surface area is 153 Å². The van der Waals surface area contributed by atoms with Crippen molar-refractivity contribution in [3.05, 3.63) is 71.8 Å². The molecule has 0 aliphatic heterocycles. The molecule has 0 saturated heterocycles. The minimum absolute atomic E-state index is 0.195. The van der Waals surface area contributed by atoms with Gasteiger partial charge in [0.05, 0.1) is 25.4 Å². The van der Waals surface area contributed by atoms with Crippen LogP contribution in [0.5, 0.6) is 5.75 Å². The molecule has 5 nitrogen and oxygen atoms in total. The molecule has 3 aromatic carbocycles. The van der Waals surface area contributed by atoms with Crippen LogP contribution in [0.15, 0.2) is 60.7 Å². The second-order valence-electron chi connectivity index (χ2n) is 6.51. The lowest BCUT2D eigenvalue weighted by Gasteiger charge is -2.24. The number of ether oxygens (including phenoxy) is 1. The minimum Gasteiger partial charge on any atom is -0.497 e. The van der Waals surface area contributed by atoms with Crippen molar-refractivity contribution in [2.75, 3.05) is 18.7 Å². The average Bonchev–Trinajstić information content (AvgIpc) is 2.90. The Morgan fingerprint density at radius 1 is 0.885 bits per heavy atom. The summed E-state index contributed by atoms with van der Waals surface area (Å²) in [6, 6.07) is 19.2. The molecule has 0 aromatic heterocycles. The molecule has 0 saturated carbocycles. The Hall–Kier alpha value is -2.57. The Kier molecular flexibility index (Phi) is 4.09. The lowest BCUT2D eigenvalue weighted by atomic mass is 10.0. The number of sulfonamides is 1. The molecule has 2 atom stereocenters. The van der Waals surface area contributed by atoms with Gasteiger partial charge in [0.15, 0.2) is 0 Å². The van der Waals surface area contributed by atoms with Crippen LogP contribution in [0.3, 0.4) is 0 Å². The highest BCUT2D eigenvalue weighted by Gasteiger charge is 2.35. The highest BCUT2D eigenvalue weighted by atomic mass is 32.2. The molecule has 0 fully saturated rings. The SMILES string of the molecule is COc1ccc(N[C@H]2c3cccc4cccc(c34)[C@H]2NS(C)(=O)=O)cc1. The first-order valence-corrected chi connectivity index (χ1v) is 10.2. The summed E-state index contributed by atoms with van der Waals surface area (Å²) in [5.74, 6) is 0.776. The van der Waals surface area contributed by atoms with Crippen molar-refractivity contribution >= 4 is 26.5 Å². The largest absolute Gasteiger partial charge is 0.497 e. The summed E-state index contributed by atoms with van der Waals surface area (Å²) < 4.78 is 32.0. The van der Waals surface area contributed by atoms with E-state index in [0.717, 1.165) is 33.3 Å². The maximum atomic E-state index is 12.0. The molecule has 6 heteroatoms. The zero-order valence-corrected chi connectivity index (χ0v) is 15.4. The van der Waals surface area contributed by atoms with Gasteiger partial charge in [0.25, 0.3) is 0 Å². The highest BCUT2D eigenvalue weighted by molar-refractivity contribution is 7.88. The average molecular weight is 368 g/mol. The van der Waals surface area contributed by atoms with Gasteiger partial charge in [0.1, 0.15) is 5.75 Å². The van der Waals surface area contributed by atoms with Gasteiger partial charge in [-0.2, -0.15) is 0 Å². The summed E-state index contributed by atoms with van der Waals surface area (Å²) in [6.45, 7) is 0. The number of rotatable bonds is 5. The van der Waals surface area contributed by atoms with Gasteiger partial charge in [0.2, 0.25) is 10.0 Å².